The number of carbonyl (C=O) groups is 5. The second kappa shape index (κ2) is 22.2. The van der Waals surface area contributed by atoms with Gasteiger partial charge in [0, 0.05) is 13.3 Å². The molecule has 330 valence electrons. The van der Waals surface area contributed by atoms with Crippen LogP contribution < -0.4 is 11.1 Å². The van der Waals surface area contributed by atoms with Crippen LogP contribution in [0.4, 0.5) is 0 Å². The number of benzene rings is 4. The molecule has 1 aliphatic heterocycles. The van der Waals surface area contributed by atoms with Crippen LogP contribution in [0.2, 0.25) is 0 Å². The van der Waals surface area contributed by atoms with Gasteiger partial charge in [0.05, 0.1) is 12.6 Å². The molecule has 0 aliphatic carbocycles. The second-order valence-corrected chi connectivity index (χ2v) is 15.4. The van der Waals surface area contributed by atoms with Gasteiger partial charge in [-0.1, -0.05) is 135 Å². The van der Waals surface area contributed by atoms with E-state index in [0.29, 0.717) is 11.1 Å². The Hall–Kier alpha value is -5.97. The predicted molar refractivity (Wildman–Crippen MR) is 226 cm³/mol. The van der Waals surface area contributed by atoms with Crippen molar-refractivity contribution in [2.45, 2.75) is 102 Å². The fourth-order valence-electron chi connectivity index (χ4n) is 7.43. The number of esters is 2. The molecule has 15 heteroatoms. The maximum Gasteiger partial charge on any atom is 0.332 e. The van der Waals surface area contributed by atoms with Crippen molar-refractivity contribution < 1.29 is 58.2 Å². The van der Waals surface area contributed by atoms with Crippen LogP contribution in [0.3, 0.4) is 0 Å². The first-order valence-corrected chi connectivity index (χ1v) is 20.5. The first-order valence-electron chi connectivity index (χ1n) is 20.5. The molecule has 1 heterocycles. The Labute approximate surface area is 360 Å². The van der Waals surface area contributed by atoms with E-state index in [2.05, 4.69) is 5.32 Å². The summed E-state index contributed by atoms with van der Waals surface area (Å²) in [7, 11) is 0. The van der Waals surface area contributed by atoms with Gasteiger partial charge < -0.3 is 50.2 Å². The van der Waals surface area contributed by atoms with Gasteiger partial charge in [-0.15, -0.1) is 0 Å². The van der Waals surface area contributed by atoms with Crippen molar-refractivity contribution in [3.05, 3.63) is 144 Å². The van der Waals surface area contributed by atoms with Crippen LogP contribution in [-0.2, 0) is 42.9 Å². The molecule has 1 saturated heterocycles. The SMILES string of the molecule is CC(=O)N(C1O[C@H](CO)[C@@H](O)[C@H](O[C@H](C)C(=O)O)[C@H]1N)[C@H](C(=O)N[C@H](CCC(=O)OC(c1ccccc1)c1ccccc1)C(=O)OC(c1ccccc1)c1ccccc1)C(C)C. The summed E-state index contributed by atoms with van der Waals surface area (Å²) in [6.45, 7) is 4.92. The number of hydrogen-bond donors (Lipinski definition) is 5. The van der Waals surface area contributed by atoms with E-state index in [0.717, 1.165) is 23.0 Å². The molecule has 5 rings (SSSR count). The minimum absolute atomic E-state index is 0.276. The Morgan fingerprint density at radius 3 is 1.61 bits per heavy atom. The molecule has 4 aromatic rings. The molecule has 0 aromatic heterocycles. The maximum atomic E-state index is 14.6. The monoisotopic (exact) mass is 853 g/mol. The first-order chi connectivity index (χ1) is 29.7. The van der Waals surface area contributed by atoms with Gasteiger partial charge >= 0.3 is 17.9 Å². The molecule has 0 saturated carbocycles. The van der Waals surface area contributed by atoms with E-state index in [9.17, 15) is 39.3 Å². The number of nitrogens with two attached hydrogens (primary N) is 1. The first kappa shape index (κ1) is 47.1. The molecule has 15 nitrogen and oxygen atoms in total. The highest BCUT2D eigenvalue weighted by atomic mass is 16.6. The van der Waals surface area contributed by atoms with Gasteiger partial charge in [0.25, 0.3) is 0 Å². The quantitative estimate of drug-likeness (QED) is 0.0841. The van der Waals surface area contributed by atoms with Crippen molar-refractivity contribution in [1.82, 2.24) is 10.2 Å². The lowest BCUT2D eigenvalue weighted by Crippen LogP contribution is -2.71. The Kier molecular flexibility index (Phi) is 16.9. The molecule has 8 atom stereocenters. The van der Waals surface area contributed by atoms with Gasteiger partial charge in [-0.3, -0.25) is 14.4 Å². The predicted octanol–water partition coefficient (Wildman–Crippen LogP) is 4.05. The van der Waals surface area contributed by atoms with Crippen LogP contribution in [0.15, 0.2) is 121 Å². The third-order valence-corrected chi connectivity index (χ3v) is 10.6. The van der Waals surface area contributed by atoms with Crippen molar-refractivity contribution in [2.75, 3.05) is 6.61 Å². The highest BCUT2D eigenvalue weighted by Gasteiger charge is 2.51. The van der Waals surface area contributed by atoms with E-state index in [1.165, 1.54) is 6.92 Å². The molecule has 2 amide bonds. The van der Waals surface area contributed by atoms with E-state index in [1.54, 1.807) is 62.4 Å². The number of amides is 2. The maximum absolute atomic E-state index is 14.6. The molecular weight excluding hydrogens is 799 g/mol. The lowest BCUT2D eigenvalue weighted by molar-refractivity contribution is -0.247. The average molecular weight is 854 g/mol. The Morgan fingerprint density at radius 1 is 0.758 bits per heavy atom. The summed E-state index contributed by atoms with van der Waals surface area (Å²) in [5.41, 5.74) is 9.27. The third kappa shape index (κ3) is 11.9. The van der Waals surface area contributed by atoms with Crippen molar-refractivity contribution >= 4 is 29.7 Å². The number of aliphatic carboxylic acids is 1. The average Bonchev–Trinajstić information content (AvgIpc) is 3.27. The highest BCUT2D eigenvalue weighted by Crippen LogP contribution is 2.31. The molecule has 4 aromatic carbocycles. The summed E-state index contributed by atoms with van der Waals surface area (Å²) < 4.78 is 23.8. The number of ether oxygens (including phenoxy) is 4. The number of carboxylic acid groups (broad SMARTS) is 1. The lowest BCUT2D eigenvalue weighted by Gasteiger charge is -2.49. The van der Waals surface area contributed by atoms with Crippen LogP contribution in [0.1, 0.15) is 75.0 Å². The van der Waals surface area contributed by atoms with Crippen LogP contribution in [0.5, 0.6) is 0 Å². The largest absolute Gasteiger partial charge is 0.479 e. The van der Waals surface area contributed by atoms with E-state index >= 15 is 0 Å². The Balaban J connectivity index is 1.47. The third-order valence-electron chi connectivity index (χ3n) is 10.6. The fourth-order valence-corrected chi connectivity index (χ4v) is 7.43. The summed E-state index contributed by atoms with van der Waals surface area (Å²) in [6.07, 6.45) is -9.70. The Bertz CT molecular complexity index is 2000. The van der Waals surface area contributed by atoms with Crippen LogP contribution in [-0.4, -0.2) is 105 Å². The number of aliphatic hydroxyl groups is 2. The van der Waals surface area contributed by atoms with E-state index in [1.807, 2.05) is 72.8 Å². The number of carboxylic acids is 1. The number of nitrogens with one attached hydrogen (secondary N) is 1. The molecular formula is C47H55N3O12. The van der Waals surface area contributed by atoms with Gasteiger partial charge in [0.2, 0.25) is 11.8 Å². The summed E-state index contributed by atoms with van der Waals surface area (Å²) in [6, 6.07) is 32.0. The highest BCUT2D eigenvalue weighted by molar-refractivity contribution is 5.91. The number of aliphatic hydroxyl groups excluding tert-OH is 2. The van der Waals surface area contributed by atoms with Crippen molar-refractivity contribution in [3.63, 3.8) is 0 Å². The van der Waals surface area contributed by atoms with Gasteiger partial charge in [0.1, 0.15) is 30.4 Å². The minimum atomic E-state index is -1.60. The zero-order chi connectivity index (χ0) is 44.9. The van der Waals surface area contributed by atoms with Gasteiger partial charge in [0.15, 0.2) is 24.5 Å². The zero-order valence-corrected chi connectivity index (χ0v) is 35.1. The normalized spacial score (nSPS) is 20.2. The standard InChI is InChI=1S/C47H55N3O12/c1-28(2)39(50(30(4)52)45-38(48)43(59-29(3)46(56)57)40(54)36(27-51)60-45)44(55)49-35(47(58)62-42(33-21-13-7-14-22-33)34-23-15-8-16-24-34)25-26-37(53)61-41(31-17-9-5-10-18-31)32-19-11-6-12-20-32/h5-24,28-29,35-36,38-43,45,51,54H,25-27,48H2,1-4H3,(H,49,55)(H,56,57)/t29-,35-,36-,38-,39+,40-,43-,45?/m1/s1. The van der Waals surface area contributed by atoms with Crippen molar-refractivity contribution in [2.24, 2.45) is 11.7 Å². The summed E-state index contributed by atoms with van der Waals surface area (Å²) in [5.74, 6) is -5.12. The van der Waals surface area contributed by atoms with Gasteiger partial charge in [-0.2, -0.15) is 0 Å². The summed E-state index contributed by atoms with van der Waals surface area (Å²) in [5, 5.41) is 33.4. The fraction of sp³-hybridized carbons (Fsp3) is 0.383. The lowest BCUT2D eigenvalue weighted by atomic mass is 9.92. The molecule has 0 spiro atoms. The number of carbonyl (C=O) groups excluding carboxylic acids is 4. The zero-order valence-electron chi connectivity index (χ0n) is 35.1. The van der Waals surface area contributed by atoms with Crippen LogP contribution >= 0.6 is 0 Å². The van der Waals surface area contributed by atoms with E-state index in [4.69, 9.17) is 24.7 Å². The summed E-state index contributed by atoms with van der Waals surface area (Å²) in [4.78, 5) is 69.1. The van der Waals surface area contributed by atoms with E-state index < -0.39 is 103 Å². The van der Waals surface area contributed by atoms with E-state index in [-0.39, 0.29) is 12.8 Å². The van der Waals surface area contributed by atoms with Crippen LogP contribution in [0, 0.1) is 5.92 Å². The topological polar surface area (TPSA) is 224 Å². The number of nitrogens with zero attached hydrogens (tertiary/aromatic N) is 1. The molecule has 62 heavy (non-hydrogen) atoms. The molecule has 1 unspecified atom stereocenters. The minimum Gasteiger partial charge on any atom is -0.479 e. The van der Waals surface area contributed by atoms with Gasteiger partial charge in [-0.05, 0) is 41.5 Å². The van der Waals surface area contributed by atoms with Gasteiger partial charge in [-0.25, -0.2) is 9.59 Å². The molecule has 1 fully saturated rings. The second-order valence-electron chi connectivity index (χ2n) is 15.4. The smallest absolute Gasteiger partial charge is 0.332 e. The molecule has 1 aliphatic rings. The Morgan fingerprint density at radius 2 is 1.21 bits per heavy atom. The molecule has 6 N–H and O–H groups in total. The molecule has 0 radical (unpaired) electrons. The summed E-state index contributed by atoms with van der Waals surface area (Å²) >= 11 is 0. The van der Waals surface area contributed by atoms with Crippen molar-refractivity contribution in [1.29, 1.82) is 0 Å². The number of rotatable bonds is 19. The number of hydrogen-bond acceptors (Lipinski definition) is 12. The van der Waals surface area contributed by atoms with Crippen molar-refractivity contribution in [3.8, 4) is 0 Å². The van der Waals surface area contributed by atoms with Crippen LogP contribution in [0.25, 0.3) is 0 Å². The molecule has 0 bridgehead atoms.